The van der Waals surface area contributed by atoms with Gasteiger partial charge in [0.25, 0.3) is 0 Å². The largest absolute Gasteiger partial charge is 0.0722 e. The molecule has 0 saturated carbocycles. The van der Waals surface area contributed by atoms with E-state index in [4.69, 9.17) is 0 Å². The molecule has 0 aliphatic heterocycles. The Bertz CT molecular complexity index is 73.5. The van der Waals surface area contributed by atoms with Gasteiger partial charge in [-0.2, -0.15) is 0 Å². The zero-order valence-electron chi connectivity index (χ0n) is 7.71. The zero-order valence-corrected chi connectivity index (χ0v) is 11.7. The molecule has 0 aliphatic rings. The maximum Gasteiger partial charge on any atom is 0.0414 e. The van der Waals surface area contributed by atoms with E-state index in [-0.39, 0.29) is 0 Å². The van der Waals surface area contributed by atoms with Crippen LogP contribution in [0.2, 0.25) is 38.4 Å². The van der Waals surface area contributed by atoms with Crippen molar-refractivity contribution in [2.45, 2.75) is 38.4 Å². The second-order valence-electron chi connectivity index (χ2n) is 5.30. The second kappa shape index (κ2) is 2.72. The molecule has 3 heteroatoms. The third-order valence-corrected chi connectivity index (χ3v) is 12.7. The van der Waals surface area contributed by atoms with Gasteiger partial charge in [-0.25, -0.2) is 0 Å². The van der Waals surface area contributed by atoms with Crippen LogP contribution in [0.5, 0.6) is 0 Å². The molecule has 0 fully saturated rings. The minimum Gasteiger partial charge on any atom is -0.0722 e. The van der Waals surface area contributed by atoms with Crippen molar-refractivity contribution in [2.24, 2.45) is 0 Å². The summed E-state index contributed by atoms with van der Waals surface area (Å²) in [7, 11) is 0.194. The lowest BCUT2D eigenvalue weighted by atomic mass is 11.7. The Hall–Kier alpha value is 0.651. The average molecular weight is 176 g/mol. The summed E-state index contributed by atoms with van der Waals surface area (Å²) in [6.45, 7) is 12.5. The van der Waals surface area contributed by atoms with Gasteiger partial charge < -0.3 is 0 Å². The first-order chi connectivity index (χ1) is 3.71. The topological polar surface area (TPSA) is 0 Å². The van der Waals surface area contributed by atoms with E-state index >= 15 is 0 Å². The van der Waals surface area contributed by atoms with Crippen LogP contribution in [-0.2, 0) is 0 Å². The van der Waals surface area contributed by atoms with Crippen LogP contribution in [-0.4, -0.2) is 25.4 Å². The monoisotopic (exact) mass is 176 g/mol. The summed E-state index contributed by atoms with van der Waals surface area (Å²) in [5.41, 5.74) is 1.63. The van der Waals surface area contributed by atoms with Gasteiger partial charge in [-0.1, -0.05) is 38.4 Å². The lowest BCUT2D eigenvalue weighted by molar-refractivity contribution is 1.57. The third kappa shape index (κ3) is 8.65. The quantitative estimate of drug-likeness (QED) is 0.559. The molecule has 0 aromatic rings. The zero-order chi connectivity index (χ0) is 7.71. The highest BCUT2D eigenvalue weighted by Crippen LogP contribution is 2.15. The molecule has 0 aromatic heterocycles. The molecule has 0 spiro atoms. The maximum absolute atomic E-state index is 2.53. The molecule has 0 unspecified atom stereocenters. The van der Waals surface area contributed by atoms with E-state index in [1.807, 2.05) is 0 Å². The Labute approximate surface area is 64.3 Å². The molecule has 0 nitrogen and oxygen atoms in total. The predicted molar refractivity (Wildman–Crippen MR) is 55.6 cm³/mol. The number of rotatable bonds is 2. The van der Waals surface area contributed by atoms with E-state index in [0.717, 1.165) is 0 Å². The van der Waals surface area contributed by atoms with Crippen molar-refractivity contribution in [2.75, 3.05) is 0 Å². The van der Waals surface area contributed by atoms with Crippen molar-refractivity contribution in [1.82, 2.24) is 0 Å². The predicted octanol–water partition coefficient (Wildman–Crippen LogP) is 1.43. The number of hydrogen-bond acceptors (Lipinski definition) is 0. The average Bonchev–Trinajstić information content (AvgIpc) is 1.14. The summed E-state index contributed by atoms with van der Waals surface area (Å²) in [4.78, 5) is 0. The highest BCUT2D eigenvalue weighted by molar-refractivity contribution is 7.20. The Kier molecular flexibility index (Phi) is 2.91. The summed E-state index contributed by atoms with van der Waals surface area (Å²) in [6, 6.07) is 0. The van der Waals surface area contributed by atoms with Crippen molar-refractivity contribution in [3.05, 3.63) is 0 Å². The molecule has 0 N–H and O–H groups in total. The van der Waals surface area contributed by atoms with Gasteiger partial charge in [0.2, 0.25) is 0 Å². The summed E-state index contributed by atoms with van der Waals surface area (Å²) in [5, 5.41) is 0. The molecule has 0 saturated heterocycles. The Morgan fingerprint density at radius 2 is 1.33 bits per heavy atom. The van der Waals surface area contributed by atoms with E-state index < -0.39 is 15.7 Å². The fourth-order valence-electron chi connectivity index (χ4n) is 1.59. The van der Waals surface area contributed by atoms with Gasteiger partial charge in [-0.15, -0.1) is 0 Å². The SMILES string of the molecule is C[Si](C)(C)C[Si](C)(C)[SiH3]. The molecule has 0 rings (SSSR count). The van der Waals surface area contributed by atoms with E-state index in [1.165, 1.54) is 9.76 Å². The molecule has 0 aliphatic carbocycles. The minimum absolute atomic E-state index is 0.592. The van der Waals surface area contributed by atoms with Crippen LogP contribution in [0.4, 0.5) is 0 Å². The van der Waals surface area contributed by atoms with E-state index in [0.29, 0.717) is 0 Å². The summed E-state index contributed by atoms with van der Waals surface area (Å²) < 4.78 is 0. The maximum atomic E-state index is 2.53. The van der Waals surface area contributed by atoms with Gasteiger partial charge in [0.15, 0.2) is 0 Å². The Balaban J connectivity index is 3.75. The molecule has 56 valence electrons. The Morgan fingerprint density at radius 3 is 1.33 bits per heavy atom. The van der Waals surface area contributed by atoms with Crippen LogP contribution in [0.3, 0.4) is 0 Å². The van der Waals surface area contributed by atoms with Crippen molar-refractivity contribution in [3.8, 4) is 0 Å². The normalized spacial score (nSPS) is 14.3. The molecule has 0 atom stereocenters. The van der Waals surface area contributed by atoms with Crippen LogP contribution in [0, 0.1) is 0 Å². The second-order valence-corrected chi connectivity index (χ2v) is 25.1. The first-order valence-electron chi connectivity index (χ1n) is 3.71. The molecule has 9 heavy (non-hydrogen) atoms. The number of hydrogen-bond donors (Lipinski definition) is 0. The molecule has 0 heterocycles. The van der Waals surface area contributed by atoms with Crippen molar-refractivity contribution in [1.29, 1.82) is 0 Å². The summed E-state index contributed by atoms with van der Waals surface area (Å²) in [5.74, 6) is 0. The lowest BCUT2D eigenvalue weighted by Crippen LogP contribution is -2.37. The standard InChI is InChI=1S/C6H20Si3/c1-8(2,3)6-9(4,5)7/h6H2,1-5,7H3. The van der Waals surface area contributed by atoms with Crippen molar-refractivity contribution >= 4 is 25.4 Å². The Morgan fingerprint density at radius 1 is 1.00 bits per heavy atom. The summed E-state index contributed by atoms with van der Waals surface area (Å²) >= 11 is 0. The minimum atomic E-state index is -0.696. The van der Waals surface area contributed by atoms with E-state index in [2.05, 4.69) is 32.7 Å². The van der Waals surface area contributed by atoms with E-state index in [9.17, 15) is 0 Å². The highest BCUT2D eigenvalue weighted by Gasteiger charge is 2.23. The van der Waals surface area contributed by atoms with Crippen molar-refractivity contribution < 1.29 is 0 Å². The summed E-state index contributed by atoms with van der Waals surface area (Å²) in [6.07, 6.45) is 0. The molecule has 0 amide bonds. The van der Waals surface area contributed by atoms with Crippen LogP contribution in [0.25, 0.3) is 0 Å². The van der Waals surface area contributed by atoms with Gasteiger partial charge in [0, 0.05) is 15.7 Å². The van der Waals surface area contributed by atoms with Gasteiger partial charge >= 0.3 is 0 Å². The molecular weight excluding hydrogens is 156 g/mol. The van der Waals surface area contributed by atoms with Crippen LogP contribution in [0.15, 0.2) is 0 Å². The van der Waals surface area contributed by atoms with Gasteiger partial charge in [-0.3, -0.25) is 0 Å². The van der Waals surface area contributed by atoms with Crippen LogP contribution >= 0.6 is 0 Å². The molecular formula is C6H20Si3. The highest BCUT2D eigenvalue weighted by atomic mass is 29.2. The van der Waals surface area contributed by atoms with Gasteiger partial charge in [0.1, 0.15) is 0 Å². The smallest absolute Gasteiger partial charge is 0.0414 e. The molecule has 0 bridgehead atoms. The van der Waals surface area contributed by atoms with Crippen LogP contribution < -0.4 is 0 Å². The fourth-order valence-corrected chi connectivity index (χ4v) is 23.9. The van der Waals surface area contributed by atoms with Crippen molar-refractivity contribution in [3.63, 3.8) is 0 Å². The van der Waals surface area contributed by atoms with E-state index in [1.54, 1.807) is 5.67 Å². The van der Waals surface area contributed by atoms with Gasteiger partial charge in [-0.05, 0) is 9.76 Å². The van der Waals surface area contributed by atoms with Crippen LogP contribution in [0.1, 0.15) is 0 Å². The molecule has 0 radical (unpaired) electrons. The third-order valence-electron chi connectivity index (χ3n) is 1.06. The first-order valence-corrected chi connectivity index (χ1v) is 14.1. The molecule has 0 aromatic carbocycles. The lowest BCUT2D eigenvalue weighted by Gasteiger charge is -2.25. The van der Waals surface area contributed by atoms with Gasteiger partial charge in [0.05, 0.1) is 0 Å². The fraction of sp³-hybridized carbons (Fsp3) is 1.00. The first kappa shape index (κ1) is 9.65.